The first-order valence-electron chi connectivity index (χ1n) is 7.23. The molecule has 1 N–H and O–H groups in total. The smallest absolute Gasteiger partial charge is 0.249 e. The summed E-state index contributed by atoms with van der Waals surface area (Å²) in [5, 5.41) is 6.82. The first-order valence-corrected chi connectivity index (χ1v) is 7.23. The summed E-state index contributed by atoms with van der Waals surface area (Å²) in [6.45, 7) is 2.55. The van der Waals surface area contributed by atoms with Crippen molar-refractivity contribution in [3.63, 3.8) is 0 Å². The topological polar surface area (TPSA) is 77.8 Å². The van der Waals surface area contributed by atoms with Gasteiger partial charge in [-0.15, -0.1) is 5.10 Å². The van der Waals surface area contributed by atoms with E-state index in [0.29, 0.717) is 18.9 Å². The van der Waals surface area contributed by atoms with Crippen LogP contribution in [0.4, 0.5) is 5.95 Å². The fraction of sp³-hybridized carbons (Fsp3) is 0.188. The summed E-state index contributed by atoms with van der Waals surface area (Å²) in [6, 6.07) is 9.62. The second kappa shape index (κ2) is 5.28. The molecule has 1 aliphatic rings. The lowest BCUT2D eigenvalue weighted by Gasteiger charge is -2.18. The Balaban J connectivity index is 1.72. The molecule has 3 heterocycles. The van der Waals surface area contributed by atoms with Crippen LogP contribution in [0.2, 0.25) is 0 Å². The van der Waals surface area contributed by atoms with Crippen LogP contribution in [0.15, 0.2) is 36.5 Å². The Morgan fingerprint density at radius 1 is 1.13 bits per heavy atom. The summed E-state index contributed by atoms with van der Waals surface area (Å²) in [7, 11) is 0. The highest BCUT2D eigenvalue weighted by Gasteiger charge is 2.13. The Morgan fingerprint density at radius 2 is 1.91 bits per heavy atom. The number of amides is 1. The number of fused-ring (bicyclic) bond motifs is 2. The molecular formula is C16H14N4O3. The zero-order valence-corrected chi connectivity index (χ0v) is 12.4. The third-order valence-corrected chi connectivity index (χ3v) is 3.49. The average Bonchev–Trinajstić information content (AvgIpc) is 2.94. The van der Waals surface area contributed by atoms with Crippen LogP contribution in [0.25, 0.3) is 16.8 Å². The molecule has 0 saturated heterocycles. The number of hydrogen-bond acceptors (Lipinski definition) is 5. The maximum absolute atomic E-state index is 11.1. The number of anilines is 1. The van der Waals surface area contributed by atoms with Crippen molar-refractivity contribution in [1.82, 2.24) is 14.6 Å². The predicted molar refractivity (Wildman–Crippen MR) is 83.7 cm³/mol. The van der Waals surface area contributed by atoms with E-state index in [0.717, 1.165) is 22.6 Å². The van der Waals surface area contributed by atoms with E-state index < -0.39 is 0 Å². The summed E-state index contributed by atoms with van der Waals surface area (Å²) >= 11 is 0. The molecule has 0 spiro atoms. The summed E-state index contributed by atoms with van der Waals surface area (Å²) in [4.78, 5) is 15.3. The standard InChI is InChI=1S/C16H14N4O3/c1-10(21)17-16-18-15-5-3-12(9-20(15)19-16)11-2-4-13-14(8-11)23-7-6-22-13/h2-5,8-9H,6-7H2,1H3,(H,17,19,21). The third kappa shape index (κ3) is 2.57. The van der Waals surface area contributed by atoms with E-state index in [1.165, 1.54) is 6.92 Å². The highest BCUT2D eigenvalue weighted by Crippen LogP contribution is 2.34. The Kier molecular flexibility index (Phi) is 3.11. The molecule has 4 rings (SSSR count). The van der Waals surface area contributed by atoms with Gasteiger partial charge in [-0.3, -0.25) is 10.1 Å². The van der Waals surface area contributed by atoms with Crippen LogP contribution >= 0.6 is 0 Å². The number of rotatable bonds is 2. The number of nitrogens with zero attached hydrogens (tertiary/aromatic N) is 3. The number of ether oxygens (including phenoxy) is 2. The number of hydrogen-bond donors (Lipinski definition) is 1. The van der Waals surface area contributed by atoms with E-state index in [9.17, 15) is 4.79 Å². The Labute approximate surface area is 131 Å². The van der Waals surface area contributed by atoms with Gasteiger partial charge in [-0.2, -0.15) is 4.98 Å². The first-order chi connectivity index (χ1) is 11.2. The number of pyridine rings is 1. The molecule has 1 aliphatic heterocycles. The molecule has 7 nitrogen and oxygen atoms in total. The maximum Gasteiger partial charge on any atom is 0.249 e. The molecule has 3 aromatic rings. The predicted octanol–water partition coefficient (Wildman–Crippen LogP) is 2.13. The fourth-order valence-electron chi connectivity index (χ4n) is 2.49. The molecule has 7 heteroatoms. The van der Waals surface area contributed by atoms with Crippen molar-refractivity contribution in [2.45, 2.75) is 6.92 Å². The van der Waals surface area contributed by atoms with Gasteiger partial charge in [0.05, 0.1) is 0 Å². The van der Waals surface area contributed by atoms with Crippen molar-refractivity contribution in [1.29, 1.82) is 0 Å². The SMILES string of the molecule is CC(=O)Nc1nc2ccc(-c3ccc4c(c3)OCCO4)cn2n1. The minimum atomic E-state index is -0.201. The largest absolute Gasteiger partial charge is 0.486 e. The van der Waals surface area contributed by atoms with Crippen LogP contribution in [0.1, 0.15) is 6.92 Å². The Bertz CT molecular complexity index is 903. The zero-order chi connectivity index (χ0) is 15.8. The molecule has 0 unspecified atom stereocenters. The van der Waals surface area contributed by atoms with Crippen LogP contribution in [-0.2, 0) is 4.79 Å². The lowest BCUT2D eigenvalue weighted by Crippen LogP contribution is -2.15. The molecule has 116 valence electrons. The first kappa shape index (κ1) is 13.6. The van der Waals surface area contributed by atoms with Gasteiger partial charge in [-0.1, -0.05) is 6.07 Å². The van der Waals surface area contributed by atoms with Crippen molar-refractivity contribution in [2.24, 2.45) is 0 Å². The Hall–Kier alpha value is -3.09. The van der Waals surface area contributed by atoms with E-state index in [4.69, 9.17) is 9.47 Å². The van der Waals surface area contributed by atoms with E-state index in [1.807, 2.05) is 36.5 Å². The average molecular weight is 310 g/mol. The van der Waals surface area contributed by atoms with E-state index in [2.05, 4.69) is 15.4 Å². The van der Waals surface area contributed by atoms with Crippen LogP contribution in [-0.4, -0.2) is 33.7 Å². The van der Waals surface area contributed by atoms with Gasteiger partial charge < -0.3 is 9.47 Å². The molecule has 0 radical (unpaired) electrons. The number of nitrogens with one attached hydrogen (secondary N) is 1. The lowest BCUT2D eigenvalue weighted by atomic mass is 10.1. The molecule has 2 aromatic heterocycles. The highest BCUT2D eigenvalue weighted by molar-refractivity contribution is 5.86. The number of aromatic nitrogens is 3. The number of benzene rings is 1. The van der Waals surface area contributed by atoms with Crippen LogP contribution < -0.4 is 14.8 Å². The highest BCUT2D eigenvalue weighted by atomic mass is 16.6. The lowest BCUT2D eigenvalue weighted by molar-refractivity contribution is -0.114. The van der Waals surface area contributed by atoms with Gasteiger partial charge >= 0.3 is 0 Å². The summed E-state index contributed by atoms with van der Waals surface area (Å²) < 4.78 is 12.8. The van der Waals surface area contributed by atoms with Gasteiger partial charge in [-0.25, -0.2) is 4.52 Å². The van der Waals surface area contributed by atoms with Crippen LogP contribution in [0.3, 0.4) is 0 Å². The Morgan fingerprint density at radius 3 is 2.74 bits per heavy atom. The van der Waals surface area contributed by atoms with Gasteiger partial charge in [0.25, 0.3) is 0 Å². The summed E-state index contributed by atoms with van der Waals surface area (Å²) in [5.74, 6) is 1.59. The molecule has 23 heavy (non-hydrogen) atoms. The molecule has 0 fully saturated rings. The van der Waals surface area contributed by atoms with Gasteiger partial charge in [0.1, 0.15) is 13.2 Å². The minimum Gasteiger partial charge on any atom is -0.486 e. The van der Waals surface area contributed by atoms with Crippen molar-refractivity contribution < 1.29 is 14.3 Å². The summed E-state index contributed by atoms with van der Waals surface area (Å²) in [5.41, 5.74) is 2.62. The molecule has 1 amide bonds. The quantitative estimate of drug-likeness (QED) is 0.784. The minimum absolute atomic E-state index is 0.201. The molecular weight excluding hydrogens is 296 g/mol. The van der Waals surface area contributed by atoms with Crippen molar-refractivity contribution in [3.8, 4) is 22.6 Å². The second-order valence-corrected chi connectivity index (χ2v) is 5.20. The molecule has 0 atom stereocenters. The number of carbonyl (C=O) groups excluding carboxylic acids is 1. The fourth-order valence-corrected chi connectivity index (χ4v) is 2.49. The number of carbonyl (C=O) groups is 1. The molecule has 0 bridgehead atoms. The van der Waals surface area contributed by atoms with Crippen molar-refractivity contribution in [3.05, 3.63) is 36.5 Å². The van der Waals surface area contributed by atoms with Crippen molar-refractivity contribution in [2.75, 3.05) is 18.5 Å². The normalized spacial score (nSPS) is 13.1. The second-order valence-electron chi connectivity index (χ2n) is 5.20. The van der Waals surface area contributed by atoms with Crippen LogP contribution in [0, 0.1) is 0 Å². The van der Waals surface area contributed by atoms with Gasteiger partial charge in [0.2, 0.25) is 11.9 Å². The monoisotopic (exact) mass is 310 g/mol. The van der Waals surface area contributed by atoms with Crippen LogP contribution in [0.5, 0.6) is 11.5 Å². The van der Waals surface area contributed by atoms with Gasteiger partial charge in [0.15, 0.2) is 17.1 Å². The van der Waals surface area contributed by atoms with E-state index >= 15 is 0 Å². The van der Waals surface area contributed by atoms with E-state index in [-0.39, 0.29) is 11.9 Å². The van der Waals surface area contributed by atoms with Gasteiger partial charge in [-0.05, 0) is 29.8 Å². The maximum atomic E-state index is 11.1. The zero-order valence-electron chi connectivity index (χ0n) is 12.4. The third-order valence-electron chi connectivity index (χ3n) is 3.49. The van der Waals surface area contributed by atoms with E-state index in [1.54, 1.807) is 4.52 Å². The molecule has 0 aliphatic carbocycles. The summed E-state index contributed by atoms with van der Waals surface area (Å²) in [6.07, 6.45) is 1.86. The van der Waals surface area contributed by atoms with Gasteiger partial charge in [0, 0.05) is 18.7 Å². The van der Waals surface area contributed by atoms with Crippen molar-refractivity contribution >= 4 is 17.5 Å². The molecule has 1 aromatic carbocycles. The molecule has 0 saturated carbocycles.